The van der Waals surface area contributed by atoms with Gasteiger partial charge in [-0.05, 0) is 24.3 Å². The van der Waals surface area contributed by atoms with Crippen molar-refractivity contribution in [2.24, 2.45) is 0 Å². The predicted molar refractivity (Wildman–Crippen MR) is 93.0 cm³/mol. The number of H-pyrrole nitrogens is 1. The number of nitrogens with one attached hydrogen (secondary N) is 2. The third-order valence-electron chi connectivity index (χ3n) is 3.57. The lowest BCUT2D eigenvalue weighted by atomic mass is 10.2. The highest BCUT2D eigenvalue weighted by Crippen LogP contribution is 2.20. The van der Waals surface area contributed by atoms with Crippen LogP contribution in [0.2, 0.25) is 5.02 Å². The maximum absolute atomic E-state index is 5.98. The first-order valence-corrected chi connectivity index (χ1v) is 7.93. The quantitative estimate of drug-likeness (QED) is 0.576. The lowest BCUT2D eigenvalue weighted by molar-refractivity contribution is 0.381. The Morgan fingerprint density at radius 1 is 1.08 bits per heavy atom. The zero-order valence-corrected chi connectivity index (χ0v) is 13.4. The van der Waals surface area contributed by atoms with Crippen molar-refractivity contribution >= 4 is 28.6 Å². The molecule has 2 N–H and O–H groups in total. The first kappa shape index (κ1) is 14.7. The van der Waals surface area contributed by atoms with Crippen molar-refractivity contribution in [2.45, 2.75) is 6.42 Å². The average molecular weight is 340 g/mol. The van der Waals surface area contributed by atoms with Gasteiger partial charge < -0.3 is 14.8 Å². The van der Waals surface area contributed by atoms with Gasteiger partial charge in [0.2, 0.25) is 17.7 Å². The molecule has 0 saturated heterocycles. The summed E-state index contributed by atoms with van der Waals surface area (Å²) in [6, 6.07) is 15.3. The van der Waals surface area contributed by atoms with Crippen LogP contribution in [0.4, 0.5) is 5.95 Å². The monoisotopic (exact) mass is 339 g/mol. The van der Waals surface area contributed by atoms with Gasteiger partial charge in [-0.1, -0.05) is 41.0 Å². The number of hydrogen-bond acceptors (Lipinski definition) is 5. The minimum atomic E-state index is 0.538. The van der Waals surface area contributed by atoms with Crippen LogP contribution in [0.5, 0.6) is 0 Å². The maximum atomic E-state index is 5.98. The fraction of sp³-hybridized carbons (Fsp3) is 0.118. The third kappa shape index (κ3) is 3.09. The molecule has 0 radical (unpaired) electrons. The van der Waals surface area contributed by atoms with Crippen LogP contribution >= 0.6 is 11.6 Å². The summed E-state index contributed by atoms with van der Waals surface area (Å²) in [4.78, 5) is 12.1. The molecule has 2 aromatic heterocycles. The summed E-state index contributed by atoms with van der Waals surface area (Å²) < 4.78 is 5.28. The van der Waals surface area contributed by atoms with Crippen LogP contribution < -0.4 is 5.32 Å². The van der Waals surface area contributed by atoms with E-state index in [0.717, 1.165) is 22.5 Å². The molecule has 6 nitrogen and oxygen atoms in total. The van der Waals surface area contributed by atoms with E-state index in [-0.39, 0.29) is 0 Å². The molecule has 0 aliphatic heterocycles. The second kappa shape index (κ2) is 6.33. The summed E-state index contributed by atoms with van der Waals surface area (Å²) in [6.45, 7) is 0.636. The molecular formula is C17H14ClN5O. The number of nitrogens with zero attached hydrogens (tertiary/aromatic N) is 3. The Morgan fingerprint density at radius 2 is 2.00 bits per heavy atom. The Kier molecular flexibility index (Phi) is 3.88. The number of benzene rings is 2. The van der Waals surface area contributed by atoms with Gasteiger partial charge in [-0.25, -0.2) is 4.98 Å². The van der Waals surface area contributed by atoms with E-state index >= 15 is 0 Å². The van der Waals surface area contributed by atoms with Crippen LogP contribution in [0.3, 0.4) is 0 Å². The second-order valence-electron chi connectivity index (χ2n) is 5.30. The predicted octanol–water partition coefficient (Wildman–Crippen LogP) is 3.92. The molecule has 0 bridgehead atoms. The average Bonchev–Trinajstić information content (AvgIpc) is 3.21. The summed E-state index contributed by atoms with van der Waals surface area (Å²) in [5, 5.41) is 7.86. The molecule has 120 valence electrons. The van der Waals surface area contributed by atoms with Gasteiger partial charge in [-0.2, -0.15) is 4.98 Å². The smallest absolute Gasteiger partial charge is 0.228 e. The molecule has 0 saturated carbocycles. The highest BCUT2D eigenvalue weighted by Gasteiger charge is 2.09. The molecule has 2 heterocycles. The lowest BCUT2D eigenvalue weighted by Gasteiger charge is -1.98. The van der Waals surface area contributed by atoms with Crippen molar-refractivity contribution in [3.8, 4) is 11.4 Å². The van der Waals surface area contributed by atoms with E-state index < -0.39 is 0 Å². The Hall–Kier alpha value is -2.86. The molecule has 0 unspecified atom stereocenters. The molecule has 0 amide bonds. The highest BCUT2D eigenvalue weighted by atomic mass is 35.5. The van der Waals surface area contributed by atoms with E-state index in [1.54, 1.807) is 0 Å². The summed E-state index contributed by atoms with van der Waals surface area (Å²) in [5.41, 5.74) is 2.77. The second-order valence-corrected chi connectivity index (χ2v) is 5.74. The fourth-order valence-electron chi connectivity index (χ4n) is 2.43. The van der Waals surface area contributed by atoms with Crippen LogP contribution in [-0.4, -0.2) is 26.7 Å². The Labute approximate surface area is 142 Å². The van der Waals surface area contributed by atoms with Gasteiger partial charge in [0.15, 0.2) is 0 Å². The number of fused-ring (bicyclic) bond motifs is 1. The van der Waals surface area contributed by atoms with Crippen molar-refractivity contribution in [3.63, 3.8) is 0 Å². The molecule has 4 rings (SSSR count). The topological polar surface area (TPSA) is 79.6 Å². The first-order valence-electron chi connectivity index (χ1n) is 7.55. The molecule has 7 heteroatoms. The minimum absolute atomic E-state index is 0.538. The van der Waals surface area contributed by atoms with Crippen molar-refractivity contribution in [3.05, 3.63) is 59.4 Å². The number of para-hydroxylation sites is 2. The van der Waals surface area contributed by atoms with E-state index in [2.05, 4.69) is 25.4 Å². The largest absolute Gasteiger partial charge is 0.355 e. The van der Waals surface area contributed by atoms with E-state index in [4.69, 9.17) is 16.1 Å². The van der Waals surface area contributed by atoms with Gasteiger partial charge in [0, 0.05) is 23.6 Å². The fourth-order valence-corrected chi connectivity index (χ4v) is 2.62. The van der Waals surface area contributed by atoms with Crippen molar-refractivity contribution in [2.75, 3.05) is 11.9 Å². The standard InChI is InChI=1S/C17H14ClN5O/c18-12-5-3-4-11(10-12)16-22-15(24-23-16)8-9-19-17-20-13-6-1-2-7-14(13)21-17/h1-7,10H,8-9H2,(H2,19,20,21). The van der Waals surface area contributed by atoms with Gasteiger partial charge in [-0.3, -0.25) is 0 Å². The number of rotatable bonds is 5. The maximum Gasteiger partial charge on any atom is 0.228 e. The molecule has 0 aliphatic rings. The zero-order chi connectivity index (χ0) is 16.4. The summed E-state index contributed by atoms with van der Waals surface area (Å²) in [5.74, 6) is 1.83. The molecule has 4 aromatic rings. The van der Waals surface area contributed by atoms with E-state index in [0.29, 0.717) is 29.7 Å². The van der Waals surface area contributed by atoms with E-state index in [1.807, 2.05) is 48.5 Å². The first-order chi connectivity index (χ1) is 11.8. The molecular weight excluding hydrogens is 326 g/mol. The Bertz CT molecular complexity index is 945. The summed E-state index contributed by atoms with van der Waals surface area (Å²) in [7, 11) is 0. The number of imidazole rings is 1. The van der Waals surface area contributed by atoms with Crippen molar-refractivity contribution in [1.82, 2.24) is 20.1 Å². The molecule has 0 fully saturated rings. The Morgan fingerprint density at radius 3 is 2.88 bits per heavy atom. The Balaban J connectivity index is 1.39. The molecule has 24 heavy (non-hydrogen) atoms. The third-order valence-corrected chi connectivity index (χ3v) is 3.81. The molecule has 2 aromatic carbocycles. The number of halogens is 1. The molecule has 0 spiro atoms. The molecule has 0 atom stereocenters. The van der Waals surface area contributed by atoms with Crippen LogP contribution in [0.25, 0.3) is 22.4 Å². The number of aromatic nitrogens is 4. The van der Waals surface area contributed by atoms with Gasteiger partial charge in [0.25, 0.3) is 0 Å². The lowest BCUT2D eigenvalue weighted by Crippen LogP contribution is -2.06. The summed E-state index contributed by atoms with van der Waals surface area (Å²) in [6.07, 6.45) is 0.602. The summed E-state index contributed by atoms with van der Waals surface area (Å²) >= 11 is 5.98. The zero-order valence-electron chi connectivity index (χ0n) is 12.7. The number of anilines is 1. The van der Waals surface area contributed by atoms with E-state index in [1.165, 1.54) is 0 Å². The van der Waals surface area contributed by atoms with Crippen molar-refractivity contribution in [1.29, 1.82) is 0 Å². The van der Waals surface area contributed by atoms with Crippen LogP contribution in [-0.2, 0) is 6.42 Å². The number of aromatic amines is 1. The minimum Gasteiger partial charge on any atom is -0.355 e. The number of hydrogen-bond donors (Lipinski definition) is 2. The highest BCUT2D eigenvalue weighted by molar-refractivity contribution is 6.30. The van der Waals surface area contributed by atoms with Crippen LogP contribution in [0, 0.1) is 0 Å². The van der Waals surface area contributed by atoms with Crippen LogP contribution in [0.15, 0.2) is 53.1 Å². The van der Waals surface area contributed by atoms with Crippen molar-refractivity contribution < 1.29 is 4.52 Å². The van der Waals surface area contributed by atoms with Gasteiger partial charge >= 0.3 is 0 Å². The normalized spacial score (nSPS) is 11.0. The molecule has 0 aliphatic carbocycles. The van der Waals surface area contributed by atoms with Gasteiger partial charge in [0.1, 0.15) is 0 Å². The van der Waals surface area contributed by atoms with E-state index in [9.17, 15) is 0 Å². The SMILES string of the molecule is Clc1cccc(-c2noc(CCNc3nc4ccccc4[nH]3)n2)c1. The van der Waals surface area contributed by atoms with Crippen LogP contribution in [0.1, 0.15) is 5.89 Å². The van der Waals surface area contributed by atoms with Gasteiger partial charge in [-0.15, -0.1) is 0 Å². The van der Waals surface area contributed by atoms with Gasteiger partial charge in [0.05, 0.1) is 11.0 Å².